The largest absolute Gasteiger partial charge is 0.364 e. The Labute approximate surface area is 113 Å². The monoisotopic (exact) mass is 263 g/mol. The Bertz CT molecular complexity index is 410. The van der Waals surface area contributed by atoms with Crippen LogP contribution in [0.2, 0.25) is 0 Å². The number of ether oxygens (including phenoxy) is 1. The normalized spacial score (nSPS) is 22.4. The number of nitrogens with two attached hydrogens (primary N) is 1. The number of aromatic nitrogens is 1. The molecule has 2 heterocycles. The molecule has 1 amide bonds. The highest BCUT2D eigenvalue weighted by Gasteiger charge is 2.31. The van der Waals surface area contributed by atoms with Crippen molar-refractivity contribution in [2.75, 3.05) is 20.1 Å². The van der Waals surface area contributed by atoms with Crippen LogP contribution in [0.3, 0.4) is 0 Å². The molecule has 1 aliphatic heterocycles. The van der Waals surface area contributed by atoms with E-state index in [1.807, 2.05) is 19.2 Å². The molecule has 5 nitrogen and oxygen atoms in total. The van der Waals surface area contributed by atoms with Gasteiger partial charge in [-0.1, -0.05) is 0 Å². The number of hydrogen-bond donors (Lipinski definition) is 1. The van der Waals surface area contributed by atoms with Crippen LogP contribution in [-0.4, -0.2) is 48.1 Å². The highest BCUT2D eigenvalue weighted by Crippen LogP contribution is 2.20. The highest BCUT2D eigenvalue weighted by molar-refractivity contribution is 5.81. The summed E-state index contributed by atoms with van der Waals surface area (Å²) in [6, 6.07) is 3.93. The molecular weight excluding hydrogens is 242 g/mol. The molecule has 19 heavy (non-hydrogen) atoms. The lowest BCUT2D eigenvalue weighted by molar-refractivity contribution is -0.141. The second-order valence-electron chi connectivity index (χ2n) is 4.93. The fraction of sp³-hybridized carbons (Fsp3) is 0.571. The first kappa shape index (κ1) is 14.0. The smallest absolute Gasteiger partial charge is 0.251 e. The summed E-state index contributed by atoms with van der Waals surface area (Å²) in [6.07, 6.45) is 5.76. The summed E-state index contributed by atoms with van der Waals surface area (Å²) in [5, 5.41) is 0. The van der Waals surface area contributed by atoms with Gasteiger partial charge in [0.15, 0.2) is 0 Å². The van der Waals surface area contributed by atoms with Crippen LogP contribution in [0.15, 0.2) is 24.5 Å². The molecule has 1 saturated heterocycles. The van der Waals surface area contributed by atoms with Gasteiger partial charge in [-0.3, -0.25) is 9.78 Å². The Morgan fingerprint density at radius 1 is 1.47 bits per heavy atom. The number of nitrogens with zero attached hydrogens (tertiary/aromatic N) is 2. The first-order valence-corrected chi connectivity index (χ1v) is 6.70. The fourth-order valence-corrected chi connectivity index (χ4v) is 2.26. The zero-order chi connectivity index (χ0) is 13.7. The summed E-state index contributed by atoms with van der Waals surface area (Å²) in [6.45, 7) is 1.18. The zero-order valence-corrected chi connectivity index (χ0v) is 11.3. The van der Waals surface area contributed by atoms with Crippen molar-refractivity contribution in [2.24, 2.45) is 5.73 Å². The molecule has 0 radical (unpaired) electrons. The third-order valence-corrected chi connectivity index (χ3v) is 3.51. The standard InChI is InChI=1S/C14H21N3O2/c1-17(9-6-11-4-7-16-8-5-11)14(18)13-3-2-12(10-15)19-13/h4-5,7-8,12-13H,2-3,6,9-10,15H2,1H3/t12-,13+/m1/s1. The van der Waals surface area contributed by atoms with E-state index in [-0.39, 0.29) is 18.1 Å². The van der Waals surface area contributed by atoms with Crippen molar-refractivity contribution >= 4 is 5.91 Å². The molecule has 0 saturated carbocycles. The molecule has 2 rings (SSSR count). The summed E-state index contributed by atoms with van der Waals surface area (Å²) in [4.78, 5) is 17.9. The van der Waals surface area contributed by atoms with Crippen LogP contribution in [0, 0.1) is 0 Å². The average Bonchev–Trinajstić information content (AvgIpc) is 2.94. The molecule has 0 aromatic carbocycles. The minimum Gasteiger partial charge on any atom is -0.364 e. The second-order valence-corrected chi connectivity index (χ2v) is 4.93. The van der Waals surface area contributed by atoms with Gasteiger partial charge in [0, 0.05) is 32.5 Å². The Morgan fingerprint density at radius 2 is 2.21 bits per heavy atom. The van der Waals surface area contributed by atoms with Gasteiger partial charge in [-0.2, -0.15) is 0 Å². The topological polar surface area (TPSA) is 68.5 Å². The number of amides is 1. The Kier molecular flexibility index (Phi) is 4.87. The van der Waals surface area contributed by atoms with Gasteiger partial charge < -0.3 is 15.4 Å². The SMILES string of the molecule is CN(CCc1ccncc1)C(=O)[C@@H]1CC[C@H](CN)O1. The lowest BCUT2D eigenvalue weighted by Crippen LogP contribution is -2.38. The van der Waals surface area contributed by atoms with Gasteiger partial charge in [-0.25, -0.2) is 0 Å². The van der Waals surface area contributed by atoms with Crippen molar-refractivity contribution < 1.29 is 9.53 Å². The van der Waals surface area contributed by atoms with E-state index in [0.717, 1.165) is 19.3 Å². The number of pyridine rings is 1. The molecular formula is C14H21N3O2. The third kappa shape index (κ3) is 3.75. The zero-order valence-electron chi connectivity index (χ0n) is 11.3. The number of hydrogen-bond acceptors (Lipinski definition) is 4. The number of carbonyl (C=O) groups is 1. The molecule has 2 atom stereocenters. The average molecular weight is 263 g/mol. The number of carbonyl (C=O) groups excluding carboxylic acids is 1. The minimum atomic E-state index is -0.309. The van der Waals surface area contributed by atoms with Gasteiger partial charge in [0.1, 0.15) is 6.10 Å². The van der Waals surface area contributed by atoms with Crippen LogP contribution in [0.1, 0.15) is 18.4 Å². The molecule has 104 valence electrons. The van der Waals surface area contributed by atoms with Gasteiger partial charge in [0.25, 0.3) is 5.91 Å². The van der Waals surface area contributed by atoms with Crippen molar-refractivity contribution in [1.82, 2.24) is 9.88 Å². The lowest BCUT2D eigenvalue weighted by atomic mass is 10.1. The van der Waals surface area contributed by atoms with E-state index >= 15 is 0 Å². The number of rotatable bonds is 5. The fourth-order valence-electron chi connectivity index (χ4n) is 2.26. The molecule has 1 aromatic rings. The van der Waals surface area contributed by atoms with Gasteiger partial charge in [-0.15, -0.1) is 0 Å². The second kappa shape index (κ2) is 6.63. The Balaban J connectivity index is 1.80. The Hall–Kier alpha value is -1.46. The van der Waals surface area contributed by atoms with Crippen molar-refractivity contribution in [3.05, 3.63) is 30.1 Å². The molecule has 1 aliphatic rings. The van der Waals surface area contributed by atoms with Gasteiger partial charge >= 0.3 is 0 Å². The van der Waals surface area contributed by atoms with Crippen molar-refractivity contribution in [3.63, 3.8) is 0 Å². The lowest BCUT2D eigenvalue weighted by Gasteiger charge is -2.21. The van der Waals surface area contributed by atoms with Crippen LogP contribution < -0.4 is 5.73 Å². The van der Waals surface area contributed by atoms with Gasteiger partial charge in [-0.05, 0) is 37.0 Å². The molecule has 1 fully saturated rings. The summed E-state index contributed by atoms with van der Waals surface area (Å²) in [5.41, 5.74) is 6.73. The van der Waals surface area contributed by atoms with Crippen molar-refractivity contribution in [1.29, 1.82) is 0 Å². The molecule has 1 aromatic heterocycles. The van der Waals surface area contributed by atoms with E-state index in [0.29, 0.717) is 13.1 Å². The predicted octanol–water partition coefficient (Wildman–Crippen LogP) is 0.589. The van der Waals surface area contributed by atoms with Crippen LogP contribution in [0.25, 0.3) is 0 Å². The van der Waals surface area contributed by atoms with E-state index < -0.39 is 0 Å². The van der Waals surface area contributed by atoms with Crippen LogP contribution in [-0.2, 0) is 16.0 Å². The van der Waals surface area contributed by atoms with E-state index in [9.17, 15) is 4.79 Å². The van der Waals surface area contributed by atoms with Crippen LogP contribution in [0.4, 0.5) is 0 Å². The maximum absolute atomic E-state index is 12.2. The summed E-state index contributed by atoms with van der Waals surface area (Å²) >= 11 is 0. The highest BCUT2D eigenvalue weighted by atomic mass is 16.5. The van der Waals surface area contributed by atoms with E-state index in [1.54, 1.807) is 17.3 Å². The maximum Gasteiger partial charge on any atom is 0.251 e. The molecule has 2 N–H and O–H groups in total. The van der Waals surface area contributed by atoms with Gasteiger partial charge in [0.2, 0.25) is 0 Å². The van der Waals surface area contributed by atoms with E-state index in [2.05, 4.69) is 4.98 Å². The van der Waals surface area contributed by atoms with Crippen molar-refractivity contribution in [3.8, 4) is 0 Å². The summed E-state index contributed by atoms with van der Waals surface area (Å²) < 4.78 is 5.62. The molecule has 0 spiro atoms. The van der Waals surface area contributed by atoms with Crippen molar-refractivity contribution in [2.45, 2.75) is 31.5 Å². The van der Waals surface area contributed by atoms with Crippen LogP contribution >= 0.6 is 0 Å². The maximum atomic E-state index is 12.2. The minimum absolute atomic E-state index is 0.0440. The first-order chi connectivity index (χ1) is 9.20. The van der Waals surface area contributed by atoms with Gasteiger partial charge in [0.05, 0.1) is 6.10 Å². The summed E-state index contributed by atoms with van der Waals surface area (Å²) in [7, 11) is 1.82. The van der Waals surface area contributed by atoms with E-state index in [4.69, 9.17) is 10.5 Å². The molecule has 0 unspecified atom stereocenters. The molecule has 0 aliphatic carbocycles. The van der Waals surface area contributed by atoms with E-state index in [1.165, 1.54) is 5.56 Å². The van der Waals surface area contributed by atoms with Crippen LogP contribution in [0.5, 0.6) is 0 Å². The molecule has 5 heteroatoms. The number of likely N-dealkylation sites (N-methyl/N-ethyl adjacent to an activating group) is 1. The quantitative estimate of drug-likeness (QED) is 0.844. The Morgan fingerprint density at radius 3 is 2.84 bits per heavy atom. The summed E-state index contributed by atoms with van der Waals surface area (Å²) in [5.74, 6) is 0.0602. The first-order valence-electron chi connectivity index (χ1n) is 6.70. The third-order valence-electron chi connectivity index (χ3n) is 3.51. The molecule has 0 bridgehead atoms. The predicted molar refractivity (Wildman–Crippen MR) is 72.5 cm³/mol.